The van der Waals surface area contributed by atoms with E-state index >= 15 is 0 Å². The molecule has 2 aromatic carbocycles. The van der Waals surface area contributed by atoms with Crippen LogP contribution < -0.4 is 0 Å². The lowest BCUT2D eigenvalue weighted by molar-refractivity contribution is 0.586. The molecule has 0 aliphatic heterocycles. The number of hydrogen-bond donors (Lipinski definition) is 0. The summed E-state index contributed by atoms with van der Waals surface area (Å²) in [5, 5.41) is 0. The zero-order valence-electron chi connectivity index (χ0n) is 11.7. The molecule has 0 atom stereocenters. The van der Waals surface area contributed by atoms with E-state index in [4.69, 9.17) is 0 Å². The third-order valence-electron chi connectivity index (χ3n) is 3.45. The largest absolute Gasteiger partial charge is 0.240 e. The molecular weight excluding hydrogens is 284 g/mol. The van der Waals surface area contributed by atoms with Crippen molar-refractivity contribution in [3.05, 3.63) is 66.0 Å². The summed E-state index contributed by atoms with van der Waals surface area (Å²) in [6.45, 7) is 1.72. The van der Waals surface area contributed by atoms with Crippen molar-refractivity contribution < 1.29 is 8.42 Å². The SMILES string of the molecule is Cc1nc2ccccc2n1S(=O)(=O)CCc1ccccc1. The van der Waals surface area contributed by atoms with Crippen molar-refractivity contribution in [2.45, 2.75) is 13.3 Å². The van der Waals surface area contributed by atoms with Crippen molar-refractivity contribution in [1.82, 2.24) is 8.96 Å². The summed E-state index contributed by atoms with van der Waals surface area (Å²) in [4.78, 5) is 4.32. The van der Waals surface area contributed by atoms with E-state index < -0.39 is 10.0 Å². The van der Waals surface area contributed by atoms with Crippen LogP contribution in [0.25, 0.3) is 11.0 Å². The molecule has 108 valence electrons. The lowest BCUT2D eigenvalue weighted by atomic mass is 10.2. The lowest BCUT2D eigenvalue weighted by Crippen LogP contribution is -2.19. The molecule has 3 rings (SSSR count). The fraction of sp³-hybridized carbons (Fsp3) is 0.188. The lowest BCUT2D eigenvalue weighted by Gasteiger charge is -2.08. The minimum atomic E-state index is -3.42. The number of para-hydroxylation sites is 2. The number of fused-ring (bicyclic) bond motifs is 1. The summed E-state index contributed by atoms with van der Waals surface area (Å²) in [5.41, 5.74) is 2.37. The van der Waals surface area contributed by atoms with Gasteiger partial charge in [-0.1, -0.05) is 42.5 Å². The molecule has 4 nitrogen and oxygen atoms in total. The molecule has 0 saturated carbocycles. The van der Waals surface area contributed by atoms with Gasteiger partial charge in [0.25, 0.3) is 0 Å². The fourth-order valence-corrected chi connectivity index (χ4v) is 4.03. The van der Waals surface area contributed by atoms with Gasteiger partial charge in [-0.25, -0.2) is 17.4 Å². The van der Waals surface area contributed by atoms with Gasteiger partial charge in [0.05, 0.1) is 16.8 Å². The van der Waals surface area contributed by atoms with Gasteiger partial charge >= 0.3 is 0 Å². The average Bonchev–Trinajstić information content (AvgIpc) is 2.83. The van der Waals surface area contributed by atoms with E-state index in [9.17, 15) is 8.42 Å². The van der Waals surface area contributed by atoms with Gasteiger partial charge in [0, 0.05) is 0 Å². The summed E-state index contributed by atoms with van der Waals surface area (Å²) in [6.07, 6.45) is 0.495. The van der Waals surface area contributed by atoms with Crippen LogP contribution in [0.3, 0.4) is 0 Å². The van der Waals surface area contributed by atoms with E-state index in [1.54, 1.807) is 13.0 Å². The highest BCUT2D eigenvalue weighted by atomic mass is 32.2. The number of benzene rings is 2. The molecule has 0 bridgehead atoms. The summed E-state index contributed by atoms with van der Waals surface area (Å²) >= 11 is 0. The predicted octanol–water partition coefficient (Wildman–Crippen LogP) is 2.77. The highest BCUT2D eigenvalue weighted by molar-refractivity contribution is 7.90. The molecular formula is C16H16N2O2S. The highest BCUT2D eigenvalue weighted by Gasteiger charge is 2.19. The maximum absolute atomic E-state index is 12.6. The number of imidazole rings is 1. The Balaban J connectivity index is 1.95. The Morgan fingerprint density at radius 3 is 2.43 bits per heavy atom. The van der Waals surface area contributed by atoms with Gasteiger partial charge in [-0.3, -0.25) is 0 Å². The van der Waals surface area contributed by atoms with Crippen molar-refractivity contribution in [3.63, 3.8) is 0 Å². The zero-order valence-corrected chi connectivity index (χ0v) is 12.5. The summed E-state index contributed by atoms with van der Waals surface area (Å²) in [7, 11) is -3.42. The third-order valence-corrected chi connectivity index (χ3v) is 5.18. The number of aryl methyl sites for hydroxylation is 2. The quantitative estimate of drug-likeness (QED) is 0.744. The van der Waals surface area contributed by atoms with E-state index in [0.717, 1.165) is 5.56 Å². The first kappa shape index (κ1) is 13.8. The minimum Gasteiger partial charge on any atom is -0.232 e. The number of rotatable bonds is 4. The van der Waals surface area contributed by atoms with Crippen LogP contribution in [0.1, 0.15) is 11.4 Å². The van der Waals surface area contributed by atoms with Crippen LogP contribution in [0.5, 0.6) is 0 Å². The van der Waals surface area contributed by atoms with E-state index in [1.807, 2.05) is 48.5 Å². The van der Waals surface area contributed by atoms with Crippen LogP contribution in [-0.2, 0) is 16.4 Å². The van der Waals surface area contributed by atoms with Gasteiger partial charge in [0.15, 0.2) is 0 Å². The summed E-state index contributed by atoms with van der Waals surface area (Å²) in [5.74, 6) is 0.572. The molecule has 5 heteroatoms. The number of nitrogens with zero attached hydrogens (tertiary/aromatic N) is 2. The van der Waals surface area contributed by atoms with Crippen LogP contribution in [0.2, 0.25) is 0 Å². The molecule has 0 spiro atoms. The summed E-state index contributed by atoms with van der Waals surface area (Å²) in [6, 6.07) is 16.9. The van der Waals surface area contributed by atoms with Gasteiger partial charge < -0.3 is 0 Å². The molecule has 0 radical (unpaired) electrons. The smallest absolute Gasteiger partial charge is 0.232 e. The number of hydrogen-bond acceptors (Lipinski definition) is 3. The van der Waals surface area contributed by atoms with E-state index in [1.165, 1.54) is 3.97 Å². The molecule has 0 N–H and O–H groups in total. The molecule has 0 amide bonds. The second-order valence-corrected chi connectivity index (χ2v) is 6.90. The highest BCUT2D eigenvalue weighted by Crippen LogP contribution is 2.18. The molecule has 1 heterocycles. The van der Waals surface area contributed by atoms with Crippen molar-refractivity contribution in [2.75, 3.05) is 5.75 Å². The standard InChI is InChI=1S/C16H16N2O2S/c1-13-17-15-9-5-6-10-16(15)18(13)21(19,20)12-11-14-7-3-2-4-8-14/h2-10H,11-12H2,1H3. The molecule has 21 heavy (non-hydrogen) atoms. The second kappa shape index (κ2) is 5.33. The monoisotopic (exact) mass is 300 g/mol. The Labute approximate surface area is 124 Å². The molecule has 0 unspecified atom stereocenters. The van der Waals surface area contributed by atoms with Crippen LogP contribution in [0.15, 0.2) is 54.6 Å². The molecule has 0 fully saturated rings. The van der Waals surface area contributed by atoms with Crippen LogP contribution in [0, 0.1) is 6.92 Å². The maximum atomic E-state index is 12.6. The minimum absolute atomic E-state index is 0.0677. The summed E-state index contributed by atoms with van der Waals surface area (Å²) < 4.78 is 26.6. The topological polar surface area (TPSA) is 52.0 Å². The van der Waals surface area contributed by atoms with Crippen LogP contribution >= 0.6 is 0 Å². The normalized spacial score (nSPS) is 11.9. The zero-order chi connectivity index (χ0) is 14.9. The van der Waals surface area contributed by atoms with Gasteiger partial charge in [-0.05, 0) is 31.0 Å². The Morgan fingerprint density at radius 1 is 1.00 bits per heavy atom. The van der Waals surface area contributed by atoms with E-state index in [-0.39, 0.29) is 5.75 Å². The van der Waals surface area contributed by atoms with Gasteiger partial charge in [-0.15, -0.1) is 0 Å². The van der Waals surface area contributed by atoms with Crippen molar-refractivity contribution in [2.24, 2.45) is 0 Å². The van der Waals surface area contributed by atoms with Crippen molar-refractivity contribution >= 4 is 21.1 Å². The van der Waals surface area contributed by atoms with E-state index in [2.05, 4.69) is 4.98 Å². The van der Waals surface area contributed by atoms with E-state index in [0.29, 0.717) is 23.3 Å². The number of aromatic nitrogens is 2. The van der Waals surface area contributed by atoms with Crippen molar-refractivity contribution in [3.8, 4) is 0 Å². The predicted molar refractivity (Wildman–Crippen MR) is 83.8 cm³/mol. The van der Waals surface area contributed by atoms with Crippen LogP contribution in [-0.4, -0.2) is 23.1 Å². The Bertz CT molecular complexity index is 868. The molecule has 3 aromatic rings. The first-order valence-electron chi connectivity index (χ1n) is 6.79. The van der Waals surface area contributed by atoms with Gasteiger partial charge in [0.2, 0.25) is 10.0 Å². The third kappa shape index (κ3) is 2.69. The Morgan fingerprint density at radius 2 is 1.67 bits per heavy atom. The van der Waals surface area contributed by atoms with Crippen molar-refractivity contribution in [1.29, 1.82) is 0 Å². The first-order valence-corrected chi connectivity index (χ1v) is 8.40. The molecule has 0 saturated heterocycles. The Kier molecular flexibility index (Phi) is 3.51. The van der Waals surface area contributed by atoms with Crippen LogP contribution in [0.4, 0.5) is 0 Å². The molecule has 1 aromatic heterocycles. The fourth-order valence-electron chi connectivity index (χ4n) is 2.46. The van der Waals surface area contributed by atoms with Gasteiger partial charge in [-0.2, -0.15) is 0 Å². The first-order chi connectivity index (χ1) is 10.1. The average molecular weight is 300 g/mol. The maximum Gasteiger partial charge on any atom is 0.240 e. The molecule has 0 aliphatic carbocycles. The molecule has 0 aliphatic rings. The Hall–Kier alpha value is -2.14. The second-order valence-electron chi connectivity index (χ2n) is 4.96. The van der Waals surface area contributed by atoms with Gasteiger partial charge in [0.1, 0.15) is 5.82 Å².